The average Bonchev–Trinajstić information content (AvgIpc) is 3.27. The first kappa shape index (κ1) is 47.9. The Bertz CT molecular complexity index is 2150. The van der Waals surface area contributed by atoms with Gasteiger partial charge in [-0.25, -0.2) is 17.5 Å². The lowest BCUT2D eigenvalue weighted by molar-refractivity contribution is 0.00304. The van der Waals surface area contributed by atoms with Gasteiger partial charge in [0.1, 0.15) is 23.0 Å². The Balaban J connectivity index is 1.78. The Morgan fingerprint density at radius 3 is 1.64 bits per heavy atom. The molecule has 4 rings (SSSR count). The summed E-state index contributed by atoms with van der Waals surface area (Å²) in [7, 11) is 6.16. The number of hydrazine groups is 3. The number of aryl methyl sites for hydroxylation is 2. The molecule has 0 radical (unpaired) electrons. The molecule has 4 aromatic carbocycles. The number of benzene rings is 4. The number of carbonyl (C=O) groups is 3. The van der Waals surface area contributed by atoms with Crippen LogP contribution in [0.3, 0.4) is 0 Å². The Labute approximate surface area is 356 Å². The lowest BCUT2D eigenvalue weighted by atomic mass is 9.81. The van der Waals surface area contributed by atoms with Crippen molar-refractivity contribution in [3.63, 3.8) is 0 Å². The fraction of sp³-hybridized carbons (Fsp3) is 0.386. The van der Waals surface area contributed by atoms with Gasteiger partial charge < -0.3 is 37.9 Å². The molecule has 0 atom stereocenters. The zero-order valence-corrected chi connectivity index (χ0v) is 35.9. The number of hydrogen-bond donors (Lipinski definition) is 6. The highest BCUT2D eigenvalue weighted by molar-refractivity contribution is 6.09. The summed E-state index contributed by atoms with van der Waals surface area (Å²) in [6, 6.07) is 13.4. The molecule has 330 valence electrons. The van der Waals surface area contributed by atoms with Gasteiger partial charge in [-0.1, -0.05) is 6.07 Å². The number of unbranched alkanes of at least 4 members (excludes halogenated alkanes) is 1. The maximum Gasteiger partial charge on any atom is 0.268 e. The zero-order valence-electron chi connectivity index (χ0n) is 35.9. The van der Waals surface area contributed by atoms with Gasteiger partial charge in [0.15, 0.2) is 0 Å². The molecule has 0 aliphatic rings. The first-order chi connectivity index (χ1) is 29.5. The van der Waals surface area contributed by atoms with E-state index in [9.17, 15) is 14.4 Å². The van der Waals surface area contributed by atoms with E-state index in [0.717, 1.165) is 22.3 Å². The minimum absolute atomic E-state index is 0.0866. The molecule has 0 fully saturated rings. The van der Waals surface area contributed by atoms with Gasteiger partial charge in [-0.2, -0.15) is 0 Å². The van der Waals surface area contributed by atoms with Gasteiger partial charge in [-0.3, -0.25) is 30.7 Å². The lowest BCUT2D eigenvalue weighted by Gasteiger charge is -2.25. The summed E-state index contributed by atoms with van der Waals surface area (Å²) >= 11 is 0. The van der Waals surface area contributed by atoms with E-state index in [1.165, 1.54) is 14.2 Å². The van der Waals surface area contributed by atoms with Crippen molar-refractivity contribution in [3.8, 4) is 56.4 Å². The molecular weight excluding hydrogens is 789 g/mol. The number of methoxy groups -OCH3 is 4. The maximum absolute atomic E-state index is 13.7. The van der Waals surface area contributed by atoms with Crippen LogP contribution in [-0.4, -0.2) is 99.0 Å². The van der Waals surface area contributed by atoms with Crippen molar-refractivity contribution >= 4 is 17.7 Å². The predicted molar refractivity (Wildman–Crippen MR) is 231 cm³/mol. The monoisotopic (exact) mass is 846 g/mol. The number of hydrogen-bond acceptors (Lipinski definition) is 14. The number of nitrogens with two attached hydrogens (primary N) is 3. The number of nitrogens with one attached hydrogen (secondary N) is 3. The minimum atomic E-state index is -0.640. The Morgan fingerprint density at radius 1 is 0.492 bits per heavy atom. The van der Waals surface area contributed by atoms with Crippen molar-refractivity contribution in [2.45, 2.75) is 33.6 Å². The van der Waals surface area contributed by atoms with Crippen LogP contribution in [0.15, 0.2) is 48.5 Å². The van der Waals surface area contributed by atoms with E-state index < -0.39 is 17.7 Å². The summed E-state index contributed by atoms with van der Waals surface area (Å²) in [6.45, 7) is 9.46. The molecule has 0 heterocycles. The van der Waals surface area contributed by atoms with E-state index in [1.54, 1.807) is 56.7 Å². The van der Waals surface area contributed by atoms with Crippen LogP contribution in [0.2, 0.25) is 0 Å². The third-order valence-corrected chi connectivity index (χ3v) is 9.91. The van der Waals surface area contributed by atoms with Crippen LogP contribution >= 0.6 is 0 Å². The van der Waals surface area contributed by atoms with E-state index in [4.69, 9.17) is 55.4 Å². The molecular formula is C44H58N6O11. The normalized spacial score (nSPS) is 10.9. The van der Waals surface area contributed by atoms with Crippen molar-refractivity contribution in [2.75, 3.05) is 81.3 Å². The molecule has 4 aromatic rings. The maximum atomic E-state index is 13.7. The van der Waals surface area contributed by atoms with Crippen LogP contribution in [0, 0.1) is 20.8 Å². The summed E-state index contributed by atoms with van der Waals surface area (Å²) in [5, 5.41) is 0. The van der Waals surface area contributed by atoms with E-state index in [0.29, 0.717) is 104 Å². The van der Waals surface area contributed by atoms with Gasteiger partial charge in [0.25, 0.3) is 17.7 Å². The Morgan fingerprint density at radius 2 is 1.03 bits per heavy atom. The topological polar surface area (TPSA) is 239 Å². The number of nitrogen functional groups attached to an aromatic ring is 3. The summed E-state index contributed by atoms with van der Waals surface area (Å²) in [5.41, 5.74) is 13.0. The molecule has 0 aromatic heterocycles. The third-order valence-electron chi connectivity index (χ3n) is 9.91. The van der Waals surface area contributed by atoms with Gasteiger partial charge in [-0.05, 0) is 97.8 Å². The SMILES string of the molecule is COCCOCCOCCOCCCCOc1cc(OC)c(-c2c(C(=O)NN)ccc(OC)c2-c2c(C)cc(C)c(-c3cc(C(=O)NN)ccc3OC)c2C)cc1C(=O)NN. The molecule has 0 saturated carbocycles. The molecule has 17 heteroatoms. The molecule has 0 aliphatic carbocycles. The smallest absolute Gasteiger partial charge is 0.268 e. The molecule has 0 bridgehead atoms. The van der Waals surface area contributed by atoms with E-state index in [1.807, 2.05) is 26.8 Å². The predicted octanol–water partition coefficient (Wildman–Crippen LogP) is 4.30. The second-order valence-electron chi connectivity index (χ2n) is 13.7. The summed E-state index contributed by atoms with van der Waals surface area (Å²) < 4.78 is 45.4. The second-order valence-corrected chi connectivity index (χ2v) is 13.7. The molecule has 3 amide bonds. The van der Waals surface area contributed by atoms with Gasteiger partial charge in [-0.15, -0.1) is 0 Å². The van der Waals surface area contributed by atoms with Crippen molar-refractivity contribution in [3.05, 3.63) is 81.9 Å². The molecule has 0 aliphatic heterocycles. The Hall–Kier alpha value is -5.79. The summed E-state index contributed by atoms with van der Waals surface area (Å²) in [5.74, 6) is 16.6. The zero-order chi connectivity index (χ0) is 44.5. The number of ether oxygens (including phenoxy) is 8. The number of rotatable bonds is 24. The molecule has 0 unspecified atom stereocenters. The Kier molecular flexibility index (Phi) is 18.7. The van der Waals surface area contributed by atoms with Crippen molar-refractivity contribution in [1.82, 2.24) is 16.3 Å². The third kappa shape index (κ3) is 11.7. The second kappa shape index (κ2) is 23.9. The fourth-order valence-electron chi connectivity index (χ4n) is 7.13. The van der Waals surface area contributed by atoms with Crippen molar-refractivity contribution < 1.29 is 52.3 Å². The number of amides is 3. The summed E-state index contributed by atoms with van der Waals surface area (Å²) in [4.78, 5) is 39.8. The van der Waals surface area contributed by atoms with E-state index in [2.05, 4.69) is 16.3 Å². The average molecular weight is 847 g/mol. The first-order valence-corrected chi connectivity index (χ1v) is 19.6. The molecule has 0 saturated heterocycles. The van der Waals surface area contributed by atoms with Crippen molar-refractivity contribution in [1.29, 1.82) is 0 Å². The fourth-order valence-corrected chi connectivity index (χ4v) is 7.13. The van der Waals surface area contributed by atoms with Gasteiger partial charge in [0, 0.05) is 53.2 Å². The van der Waals surface area contributed by atoms with Crippen molar-refractivity contribution in [2.24, 2.45) is 17.5 Å². The van der Waals surface area contributed by atoms with E-state index in [-0.39, 0.29) is 29.2 Å². The molecule has 17 nitrogen and oxygen atoms in total. The van der Waals surface area contributed by atoms with Gasteiger partial charge >= 0.3 is 0 Å². The van der Waals surface area contributed by atoms with Crippen LogP contribution in [0.25, 0.3) is 33.4 Å². The van der Waals surface area contributed by atoms with Crippen LogP contribution < -0.4 is 52.8 Å². The number of carbonyl (C=O) groups excluding carboxylic acids is 3. The van der Waals surface area contributed by atoms with Crippen LogP contribution in [-0.2, 0) is 18.9 Å². The van der Waals surface area contributed by atoms with Crippen LogP contribution in [0.4, 0.5) is 0 Å². The van der Waals surface area contributed by atoms with Gasteiger partial charge in [0.05, 0.1) is 73.1 Å². The summed E-state index contributed by atoms with van der Waals surface area (Å²) in [6.07, 6.45) is 1.30. The lowest BCUT2D eigenvalue weighted by Crippen LogP contribution is -2.31. The highest BCUT2D eigenvalue weighted by Gasteiger charge is 2.29. The quantitative estimate of drug-likeness (QED) is 0.0250. The largest absolute Gasteiger partial charge is 0.496 e. The standard InChI is InChI=1S/C44H58N6O11/c1-26-22-27(2)39(28(3)38(26)31-23-29(42(51)48-45)10-12-34(31)55-5)41-35(56-6)13-11-30(43(52)49-46)40(41)32-24-33(44(53)50-47)37(25-36(32)57-7)61-15-9-8-14-58-18-19-60-21-20-59-17-16-54-4/h10-13,22-25H,8-9,14-21,45-47H2,1-7H3,(H,48,51)(H,49,52)(H,50,53). The highest BCUT2D eigenvalue weighted by atomic mass is 16.6. The molecule has 9 N–H and O–H groups in total. The van der Waals surface area contributed by atoms with E-state index >= 15 is 0 Å². The van der Waals surface area contributed by atoms with Gasteiger partial charge in [0.2, 0.25) is 0 Å². The highest BCUT2D eigenvalue weighted by Crippen LogP contribution is 2.50. The molecule has 0 spiro atoms. The van der Waals surface area contributed by atoms with Crippen LogP contribution in [0.1, 0.15) is 60.6 Å². The molecule has 61 heavy (non-hydrogen) atoms. The van der Waals surface area contributed by atoms with Crippen LogP contribution in [0.5, 0.6) is 23.0 Å². The minimum Gasteiger partial charge on any atom is -0.496 e. The first-order valence-electron chi connectivity index (χ1n) is 19.6.